The average Bonchev–Trinajstić information content (AvgIpc) is 3.42. The van der Waals surface area contributed by atoms with Crippen LogP contribution in [-0.4, -0.2) is 49.8 Å². The van der Waals surface area contributed by atoms with Gasteiger partial charge in [-0.15, -0.1) is 0 Å². The van der Waals surface area contributed by atoms with Crippen LogP contribution in [0, 0.1) is 0 Å². The monoisotopic (exact) mass is 494 g/mol. The third-order valence-corrected chi connectivity index (χ3v) is 6.22. The minimum absolute atomic E-state index is 0.127. The quantitative estimate of drug-likeness (QED) is 0.392. The number of H-pyrrole nitrogens is 1. The summed E-state index contributed by atoms with van der Waals surface area (Å²) < 4.78 is 2.61. The molecule has 1 atom stereocenters. The summed E-state index contributed by atoms with van der Waals surface area (Å²) in [5.41, 5.74) is 10.2. The van der Waals surface area contributed by atoms with Crippen LogP contribution in [0.5, 0.6) is 0 Å². The lowest BCUT2D eigenvalue weighted by molar-refractivity contribution is 0.102. The Labute approximate surface area is 193 Å². The molecule has 0 aromatic carbocycles. The highest BCUT2D eigenvalue weighted by Crippen LogP contribution is 2.38. The van der Waals surface area contributed by atoms with Crippen molar-refractivity contribution < 1.29 is 4.79 Å². The van der Waals surface area contributed by atoms with Crippen molar-refractivity contribution in [3.8, 4) is 0 Å². The Morgan fingerprint density at radius 3 is 2.97 bits per heavy atom. The van der Waals surface area contributed by atoms with Crippen LogP contribution in [0.3, 0.4) is 0 Å². The lowest BCUT2D eigenvalue weighted by Gasteiger charge is -2.33. The summed E-state index contributed by atoms with van der Waals surface area (Å²) in [6, 6.07) is 3.97. The number of aromatic nitrogens is 5. The Bertz CT molecular complexity index is 1250. The summed E-state index contributed by atoms with van der Waals surface area (Å²) in [6.45, 7) is 2.24. The van der Waals surface area contributed by atoms with E-state index in [4.69, 9.17) is 5.73 Å². The van der Waals surface area contributed by atoms with Gasteiger partial charge in [0.2, 0.25) is 0 Å². The van der Waals surface area contributed by atoms with Gasteiger partial charge in [0.1, 0.15) is 5.65 Å². The fourth-order valence-corrected chi connectivity index (χ4v) is 4.66. The molecule has 4 aromatic heterocycles. The van der Waals surface area contributed by atoms with Gasteiger partial charge < -0.3 is 20.9 Å². The van der Waals surface area contributed by atoms with Gasteiger partial charge in [-0.25, -0.2) is 4.98 Å². The summed E-state index contributed by atoms with van der Waals surface area (Å²) in [5, 5.41) is 8.21. The first kappa shape index (κ1) is 20.7. The van der Waals surface area contributed by atoms with Gasteiger partial charge in [-0.2, -0.15) is 5.10 Å². The predicted octanol–water partition coefficient (Wildman–Crippen LogP) is 3.15. The van der Waals surface area contributed by atoms with E-state index >= 15 is 0 Å². The number of halogens is 1. The second-order valence-corrected chi connectivity index (χ2v) is 8.82. The summed E-state index contributed by atoms with van der Waals surface area (Å²) in [6.07, 6.45) is 12.4. The van der Waals surface area contributed by atoms with Crippen LogP contribution in [-0.2, 0) is 6.54 Å². The fourth-order valence-electron chi connectivity index (χ4n) is 4.11. The molecule has 0 radical (unpaired) electrons. The Hall–Kier alpha value is -3.24. The third-order valence-electron chi connectivity index (χ3n) is 5.64. The molecule has 4 N–H and O–H groups in total. The molecule has 0 bridgehead atoms. The summed E-state index contributed by atoms with van der Waals surface area (Å²) in [7, 11) is 0. The molecular formula is C22H23BrN8O. The second-order valence-electron chi connectivity index (χ2n) is 7.97. The first-order valence-electron chi connectivity index (χ1n) is 10.5. The molecule has 1 amide bonds. The maximum absolute atomic E-state index is 13.0. The largest absolute Gasteiger partial charge is 0.368 e. The highest BCUT2D eigenvalue weighted by molar-refractivity contribution is 9.10. The van der Waals surface area contributed by atoms with Gasteiger partial charge >= 0.3 is 0 Å². The van der Waals surface area contributed by atoms with Gasteiger partial charge in [0, 0.05) is 50.1 Å². The molecule has 5 rings (SSSR count). The molecule has 1 aliphatic heterocycles. The van der Waals surface area contributed by atoms with E-state index in [9.17, 15) is 4.79 Å². The molecule has 9 nitrogen and oxygen atoms in total. The molecule has 0 unspecified atom stereocenters. The first-order chi connectivity index (χ1) is 15.6. The molecule has 1 fully saturated rings. The number of pyridine rings is 2. The van der Waals surface area contributed by atoms with E-state index in [1.807, 2.05) is 12.1 Å². The number of rotatable bonds is 5. The van der Waals surface area contributed by atoms with Crippen molar-refractivity contribution in [1.29, 1.82) is 0 Å². The van der Waals surface area contributed by atoms with Crippen molar-refractivity contribution in [2.24, 2.45) is 5.73 Å². The molecule has 0 aliphatic carbocycles. The molecular weight excluding hydrogens is 472 g/mol. The zero-order valence-electron chi connectivity index (χ0n) is 17.3. The van der Waals surface area contributed by atoms with Gasteiger partial charge in [0.25, 0.3) is 5.91 Å². The van der Waals surface area contributed by atoms with Crippen molar-refractivity contribution in [3.05, 3.63) is 64.9 Å². The lowest BCUT2D eigenvalue weighted by atomic mass is 10.1. The molecule has 10 heteroatoms. The van der Waals surface area contributed by atoms with Gasteiger partial charge in [-0.1, -0.05) is 0 Å². The van der Waals surface area contributed by atoms with Crippen LogP contribution in [0.4, 0.5) is 11.4 Å². The van der Waals surface area contributed by atoms with Crippen LogP contribution < -0.4 is 16.0 Å². The van der Waals surface area contributed by atoms with Crippen LogP contribution >= 0.6 is 15.9 Å². The van der Waals surface area contributed by atoms with Crippen molar-refractivity contribution in [2.45, 2.75) is 25.4 Å². The summed E-state index contributed by atoms with van der Waals surface area (Å²) in [4.78, 5) is 26.9. The minimum atomic E-state index is -0.229. The van der Waals surface area contributed by atoms with Crippen LogP contribution in [0.1, 0.15) is 28.8 Å². The van der Waals surface area contributed by atoms with E-state index in [0.717, 1.165) is 47.0 Å². The molecule has 0 spiro atoms. The summed E-state index contributed by atoms with van der Waals surface area (Å²) >= 11 is 3.65. The number of piperidine rings is 1. The van der Waals surface area contributed by atoms with Crippen LogP contribution in [0.25, 0.3) is 11.0 Å². The highest BCUT2D eigenvalue weighted by Gasteiger charge is 2.24. The molecule has 164 valence electrons. The molecule has 4 aromatic rings. The van der Waals surface area contributed by atoms with E-state index < -0.39 is 0 Å². The van der Waals surface area contributed by atoms with Gasteiger partial charge in [-0.05, 0) is 46.5 Å². The Morgan fingerprint density at radius 2 is 2.16 bits per heavy atom. The Morgan fingerprint density at radius 1 is 1.31 bits per heavy atom. The molecule has 5 heterocycles. The minimum Gasteiger partial charge on any atom is -0.368 e. The molecule has 1 saturated heterocycles. The molecule has 0 saturated carbocycles. The third kappa shape index (κ3) is 4.11. The van der Waals surface area contributed by atoms with Crippen molar-refractivity contribution in [3.63, 3.8) is 0 Å². The van der Waals surface area contributed by atoms with Crippen LogP contribution in [0.15, 0.2) is 53.8 Å². The number of hydrogen-bond donors (Lipinski definition) is 3. The highest BCUT2D eigenvalue weighted by atomic mass is 79.9. The van der Waals surface area contributed by atoms with Crippen molar-refractivity contribution in [1.82, 2.24) is 24.7 Å². The number of nitrogens with one attached hydrogen (secondary N) is 2. The van der Waals surface area contributed by atoms with E-state index in [1.165, 1.54) is 0 Å². The number of amides is 1. The summed E-state index contributed by atoms with van der Waals surface area (Å²) in [5.74, 6) is -0.229. The molecule has 32 heavy (non-hydrogen) atoms. The van der Waals surface area contributed by atoms with Gasteiger partial charge in [0.05, 0.1) is 39.5 Å². The number of fused-ring (bicyclic) bond motifs is 1. The number of aromatic amines is 1. The zero-order valence-corrected chi connectivity index (χ0v) is 18.9. The number of nitrogens with two attached hydrogens (primary N) is 1. The number of carbonyl (C=O) groups excluding carboxylic acids is 1. The maximum atomic E-state index is 13.0. The standard InChI is InChI=1S/C22H23BrN8O/c23-17-9-26-21-19(20(17)30-7-1-2-16(24)13-30)18(10-27-21)29-22(32)15-8-28-31(12-15)11-14-3-5-25-6-4-14/h3-6,8-10,12,16H,1-2,7,11,13,24H2,(H,26,27)(H,29,32)/t16-/m1/s1. The van der Waals surface area contributed by atoms with E-state index in [2.05, 4.69) is 46.2 Å². The average molecular weight is 495 g/mol. The van der Waals surface area contributed by atoms with E-state index in [-0.39, 0.29) is 11.9 Å². The Kier molecular flexibility index (Phi) is 5.62. The number of nitrogens with zero attached hydrogens (tertiary/aromatic N) is 5. The zero-order chi connectivity index (χ0) is 22.1. The van der Waals surface area contributed by atoms with Crippen LogP contribution in [0.2, 0.25) is 0 Å². The predicted molar refractivity (Wildman–Crippen MR) is 127 cm³/mol. The topological polar surface area (TPSA) is 118 Å². The molecule has 1 aliphatic rings. The fraction of sp³-hybridized carbons (Fsp3) is 0.273. The van der Waals surface area contributed by atoms with Gasteiger partial charge in [-0.3, -0.25) is 14.5 Å². The van der Waals surface area contributed by atoms with Gasteiger partial charge in [0.15, 0.2) is 0 Å². The smallest absolute Gasteiger partial charge is 0.258 e. The van der Waals surface area contributed by atoms with E-state index in [0.29, 0.717) is 23.4 Å². The second kappa shape index (κ2) is 8.71. The van der Waals surface area contributed by atoms with Crippen molar-refractivity contribution in [2.75, 3.05) is 23.3 Å². The first-order valence-corrected chi connectivity index (χ1v) is 11.3. The van der Waals surface area contributed by atoms with E-state index in [1.54, 1.807) is 41.9 Å². The van der Waals surface area contributed by atoms with Crippen molar-refractivity contribution >= 4 is 44.2 Å². The maximum Gasteiger partial charge on any atom is 0.258 e. The number of carbonyl (C=O) groups is 1. The number of anilines is 2. The Balaban J connectivity index is 1.41. The number of hydrogen-bond acceptors (Lipinski definition) is 6. The normalized spacial score (nSPS) is 16.4. The lowest BCUT2D eigenvalue weighted by Crippen LogP contribution is -2.43. The SMILES string of the molecule is N[C@@H]1CCCN(c2c(Br)cnc3[nH]cc(NC(=O)c4cnn(Cc5ccncc5)c4)c23)C1.